The van der Waals surface area contributed by atoms with E-state index >= 15 is 0 Å². The van der Waals surface area contributed by atoms with Gasteiger partial charge in [0, 0.05) is 30.7 Å². The molecule has 1 aliphatic heterocycles. The van der Waals surface area contributed by atoms with Crippen LogP contribution in [0.1, 0.15) is 51.9 Å². The lowest BCUT2D eigenvalue weighted by Gasteiger charge is -2.46. The first-order chi connectivity index (χ1) is 12.6. The number of aliphatic hydroxyl groups is 1. The number of hydrogen-bond donors (Lipinski definition) is 3. The van der Waals surface area contributed by atoms with Crippen LogP contribution in [0.15, 0.2) is 24.5 Å². The van der Waals surface area contributed by atoms with Crippen LogP contribution in [-0.4, -0.2) is 50.9 Å². The zero-order valence-corrected chi connectivity index (χ0v) is 15.6. The zero-order chi connectivity index (χ0) is 18.5. The largest absolute Gasteiger partial charge is 0.479 e. The van der Waals surface area contributed by atoms with Gasteiger partial charge in [-0.1, -0.05) is 13.3 Å². The molecular weight excluding hydrogens is 330 g/mol. The van der Waals surface area contributed by atoms with Gasteiger partial charge in [0.2, 0.25) is 0 Å². The van der Waals surface area contributed by atoms with Crippen molar-refractivity contribution < 1.29 is 15.0 Å². The summed E-state index contributed by atoms with van der Waals surface area (Å²) >= 11 is 0. The standard InChI is InChI=1S/C20H31N3O3/c1-2-14-9-12-23(18(13-14)22-16-7-10-21-11-8-16)17-5-3-15(4-6-17)19(24)20(25)26/h7-8,10-11,14-15,17-19,24H,2-6,9,12-13H2,1H3,(H,21,22)(H,25,26). The Kier molecular flexibility index (Phi) is 6.48. The Morgan fingerprint density at radius 3 is 2.58 bits per heavy atom. The summed E-state index contributed by atoms with van der Waals surface area (Å²) < 4.78 is 0. The van der Waals surface area contributed by atoms with Crippen LogP contribution in [0.4, 0.5) is 5.69 Å². The summed E-state index contributed by atoms with van der Waals surface area (Å²) in [5.74, 6) is -0.450. The topological polar surface area (TPSA) is 85.7 Å². The number of carboxylic acid groups (broad SMARTS) is 1. The van der Waals surface area contributed by atoms with E-state index in [1.807, 2.05) is 24.5 Å². The fourth-order valence-electron chi connectivity index (χ4n) is 4.60. The molecule has 1 saturated heterocycles. The highest BCUT2D eigenvalue weighted by Gasteiger charge is 2.37. The molecule has 3 unspecified atom stereocenters. The second kappa shape index (κ2) is 8.82. The third-order valence-electron chi connectivity index (χ3n) is 6.25. The van der Waals surface area contributed by atoms with Gasteiger partial charge in [-0.3, -0.25) is 9.88 Å². The Morgan fingerprint density at radius 2 is 1.96 bits per heavy atom. The van der Waals surface area contributed by atoms with Crippen LogP contribution in [0.5, 0.6) is 0 Å². The number of pyridine rings is 1. The van der Waals surface area contributed by atoms with E-state index < -0.39 is 12.1 Å². The number of hydrogen-bond acceptors (Lipinski definition) is 5. The molecule has 0 amide bonds. The van der Waals surface area contributed by atoms with Crippen molar-refractivity contribution in [2.45, 2.75) is 70.2 Å². The molecule has 26 heavy (non-hydrogen) atoms. The highest BCUT2D eigenvalue weighted by molar-refractivity contribution is 5.72. The number of aromatic nitrogens is 1. The van der Waals surface area contributed by atoms with Crippen molar-refractivity contribution in [3.05, 3.63) is 24.5 Å². The van der Waals surface area contributed by atoms with Crippen LogP contribution in [0.2, 0.25) is 0 Å². The molecule has 3 rings (SSSR count). The van der Waals surface area contributed by atoms with Gasteiger partial charge in [-0.25, -0.2) is 4.79 Å². The first-order valence-corrected chi connectivity index (χ1v) is 9.91. The Balaban J connectivity index is 1.64. The van der Waals surface area contributed by atoms with Gasteiger partial charge in [-0.2, -0.15) is 0 Å². The normalized spacial score (nSPS) is 31.3. The summed E-state index contributed by atoms with van der Waals surface area (Å²) in [7, 11) is 0. The van der Waals surface area contributed by atoms with E-state index in [0.29, 0.717) is 12.2 Å². The predicted octanol–water partition coefficient (Wildman–Crippen LogP) is 2.95. The molecule has 6 heteroatoms. The van der Waals surface area contributed by atoms with Crippen LogP contribution >= 0.6 is 0 Å². The monoisotopic (exact) mass is 361 g/mol. The molecule has 0 aromatic carbocycles. The maximum absolute atomic E-state index is 11.0. The van der Waals surface area contributed by atoms with E-state index in [1.165, 1.54) is 12.8 Å². The van der Waals surface area contributed by atoms with Gasteiger partial charge in [0.05, 0.1) is 6.17 Å². The van der Waals surface area contributed by atoms with E-state index in [-0.39, 0.29) is 5.92 Å². The summed E-state index contributed by atoms with van der Waals surface area (Å²) in [5.41, 5.74) is 1.10. The minimum absolute atomic E-state index is 0.108. The van der Waals surface area contributed by atoms with Gasteiger partial charge in [0.25, 0.3) is 0 Å². The van der Waals surface area contributed by atoms with Crippen LogP contribution in [-0.2, 0) is 4.79 Å². The number of anilines is 1. The highest BCUT2D eigenvalue weighted by Crippen LogP contribution is 2.35. The summed E-state index contributed by atoms with van der Waals surface area (Å²) in [5, 5.41) is 22.6. The maximum Gasteiger partial charge on any atom is 0.332 e. The quantitative estimate of drug-likeness (QED) is 0.722. The Labute approximate surface area is 155 Å². The summed E-state index contributed by atoms with van der Waals surface area (Å²) in [6, 6.07) is 4.48. The molecule has 2 heterocycles. The minimum atomic E-state index is -1.22. The van der Waals surface area contributed by atoms with Gasteiger partial charge in [0.1, 0.15) is 0 Å². The number of likely N-dealkylation sites (tertiary alicyclic amines) is 1. The molecule has 144 valence electrons. The second-order valence-corrected chi connectivity index (χ2v) is 7.78. The predicted molar refractivity (Wildman–Crippen MR) is 101 cm³/mol. The number of nitrogens with one attached hydrogen (secondary N) is 1. The number of rotatable bonds is 6. The Bertz CT molecular complexity index is 575. The Hall–Kier alpha value is -1.66. The van der Waals surface area contributed by atoms with Gasteiger partial charge in [-0.05, 0) is 62.5 Å². The molecule has 0 spiro atoms. The highest BCUT2D eigenvalue weighted by atomic mass is 16.4. The number of carboxylic acids is 1. The molecule has 1 aromatic heterocycles. The maximum atomic E-state index is 11.0. The number of carbonyl (C=O) groups is 1. The molecule has 6 nitrogen and oxygen atoms in total. The van der Waals surface area contributed by atoms with Crippen molar-refractivity contribution in [2.75, 3.05) is 11.9 Å². The molecule has 2 fully saturated rings. The Morgan fingerprint density at radius 1 is 1.27 bits per heavy atom. The second-order valence-electron chi connectivity index (χ2n) is 7.78. The third-order valence-corrected chi connectivity index (χ3v) is 6.25. The van der Waals surface area contributed by atoms with E-state index in [4.69, 9.17) is 5.11 Å². The van der Waals surface area contributed by atoms with Gasteiger partial charge in [0.15, 0.2) is 6.10 Å². The minimum Gasteiger partial charge on any atom is -0.479 e. The number of nitrogens with zero attached hydrogens (tertiary/aromatic N) is 2. The molecular formula is C20H31N3O3. The zero-order valence-electron chi connectivity index (χ0n) is 15.6. The molecule has 1 aromatic rings. The molecule has 3 N–H and O–H groups in total. The number of piperidine rings is 1. The lowest BCUT2D eigenvalue weighted by atomic mass is 9.80. The lowest BCUT2D eigenvalue weighted by Crippen LogP contribution is -2.53. The fourth-order valence-corrected chi connectivity index (χ4v) is 4.60. The van der Waals surface area contributed by atoms with E-state index in [0.717, 1.165) is 50.3 Å². The summed E-state index contributed by atoms with van der Waals surface area (Å²) in [4.78, 5) is 17.7. The third kappa shape index (κ3) is 4.54. The van der Waals surface area contributed by atoms with Crippen LogP contribution in [0, 0.1) is 11.8 Å². The average Bonchev–Trinajstić information content (AvgIpc) is 2.68. The van der Waals surface area contributed by atoms with Crippen molar-refractivity contribution in [3.8, 4) is 0 Å². The van der Waals surface area contributed by atoms with Crippen molar-refractivity contribution in [3.63, 3.8) is 0 Å². The van der Waals surface area contributed by atoms with Crippen LogP contribution < -0.4 is 5.32 Å². The van der Waals surface area contributed by atoms with Crippen molar-refractivity contribution in [2.24, 2.45) is 11.8 Å². The average molecular weight is 361 g/mol. The first kappa shape index (κ1) is 19.1. The molecule has 0 radical (unpaired) electrons. The fraction of sp³-hybridized carbons (Fsp3) is 0.700. The van der Waals surface area contributed by atoms with Crippen molar-refractivity contribution >= 4 is 11.7 Å². The van der Waals surface area contributed by atoms with E-state index in [9.17, 15) is 9.90 Å². The number of aliphatic hydroxyl groups excluding tert-OH is 1. The summed E-state index contributed by atoms with van der Waals surface area (Å²) in [6.07, 6.45) is 9.77. The first-order valence-electron chi connectivity index (χ1n) is 9.91. The molecule has 3 atom stereocenters. The van der Waals surface area contributed by atoms with Gasteiger partial charge < -0.3 is 15.5 Å². The van der Waals surface area contributed by atoms with Gasteiger partial charge >= 0.3 is 5.97 Å². The SMILES string of the molecule is CCC1CCN(C2CCC(C(O)C(=O)O)CC2)C(Nc2ccncc2)C1. The molecule has 1 saturated carbocycles. The van der Waals surface area contributed by atoms with E-state index in [2.05, 4.69) is 22.1 Å². The summed E-state index contributed by atoms with van der Waals surface area (Å²) in [6.45, 7) is 3.35. The molecule has 1 aliphatic carbocycles. The number of aliphatic carboxylic acids is 1. The van der Waals surface area contributed by atoms with Crippen molar-refractivity contribution in [1.82, 2.24) is 9.88 Å². The van der Waals surface area contributed by atoms with Gasteiger partial charge in [-0.15, -0.1) is 0 Å². The molecule has 2 aliphatic rings. The lowest BCUT2D eigenvalue weighted by molar-refractivity contribution is -0.150. The van der Waals surface area contributed by atoms with Crippen LogP contribution in [0.3, 0.4) is 0 Å². The van der Waals surface area contributed by atoms with Crippen LogP contribution in [0.25, 0.3) is 0 Å². The molecule has 0 bridgehead atoms. The van der Waals surface area contributed by atoms with Crippen molar-refractivity contribution in [1.29, 1.82) is 0 Å². The smallest absolute Gasteiger partial charge is 0.332 e. The van der Waals surface area contributed by atoms with E-state index in [1.54, 1.807) is 0 Å².